The number of aromatic nitrogens is 3. The second-order valence-corrected chi connectivity index (χ2v) is 9.10. The Morgan fingerprint density at radius 3 is 2.82 bits per heavy atom. The lowest BCUT2D eigenvalue weighted by molar-refractivity contribution is -0.182. The molecule has 3 aliphatic heterocycles. The molecule has 12 heteroatoms. The topological polar surface area (TPSA) is 152 Å². The molecule has 1 aliphatic carbocycles. The first-order valence-electron chi connectivity index (χ1n) is 10.8. The van der Waals surface area contributed by atoms with Gasteiger partial charge in [-0.1, -0.05) is 0 Å². The van der Waals surface area contributed by atoms with Gasteiger partial charge in [-0.3, -0.25) is 0 Å². The van der Waals surface area contributed by atoms with Crippen LogP contribution >= 0.6 is 0 Å². The van der Waals surface area contributed by atoms with Crippen molar-refractivity contribution in [3.63, 3.8) is 0 Å². The minimum Gasteiger partial charge on any atom is -0.431 e. The van der Waals surface area contributed by atoms with Crippen LogP contribution in [0.5, 0.6) is 0 Å². The Hall–Kier alpha value is -2.98. The maximum Gasteiger partial charge on any atom is 0.509 e. The molecule has 12 nitrogen and oxygen atoms in total. The standard InChI is InChI=1S/C21H23N5O7/c1-19(2)32-15-14(12-3-4-13-16(23)24-10-25-26(12)13)31-20(9-22)17(21(15,20)33-19)30-18(27)29-11-5-7-28-8-6-11/h3-4,10-11,14-15,17H,5-8H2,1-2H3,(H2,23,24,25)/t14-,15-,17?,20+,21+/m0/s1. The van der Waals surface area contributed by atoms with Gasteiger partial charge in [0, 0.05) is 12.8 Å². The van der Waals surface area contributed by atoms with Gasteiger partial charge in [0.1, 0.15) is 36.2 Å². The number of carbonyl (C=O) groups is 1. The number of ether oxygens (including phenoxy) is 6. The summed E-state index contributed by atoms with van der Waals surface area (Å²) in [5, 5.41) is 14.4. The smallest absolute Gasteiger partial charge is 0.431 e. The Kier molecular flexibility index (Phi) is 4.23. The van der Waals surface area contributed by atoms with E-state index < -0.39 is 41.5 Å². The first-order valence-corrected chi connectivity index (χ1v) is 10.8. The van der Waals surface area contributed by atoms with Crippen molar-refractivity contribution in [3.8, 4) is 6.07 Å². The van der Waals surface area contributed by atoms with E-state index in [1.807, 2.05) is 0 Å². The molecule has 6 rings (SSSR count). The zero-order valence-corrected chi connectivity index (χ0v) is 18.1. The minimum atomic E-state index is -1.55. The van der Waals surface area contributed by atoms with E-state index in [1.165, 1.54) is 6.33 Å². The molecule has 0 bridgehead atoms. The maximum absolute atomic E-state index is 12.5. The van der Waals surface area contributed by atoms with E-state index in [0.29, 0.717) is 43.1 Å². The van der Waals surface area contributed by atoms with Crippen LogP contribution in [-0.2, 0) is 28.4 Å². The number of rotatable bonds is 3. The fourth-order valence-corrected chi connectivity index (χ4v) is 5.29. The lowest BCUT2D eigenvalue weighted by Crippen LogP contribution is -2.35. The predicted molar refractivity (Wildman–Crippen MR) is 108 cm³/mol. The summed E-state index contributed by atoms with van der Waals surface area (Å²) in [5.41, 5.74) is 4.33. The van der Waals surface area contributed by atoms with Gasteiger partial charge in [0.15, 0.2) is 23.3 Å². The number of nitriles is 1. The average Bonchev–Trinajstić information content (AvgIpc) is 3.15. The van der Waals surface area contributed by atoms with E-state index in [1.54, 1.807) is 30.5 Å². The van der Waals surface area contributed by atoms with Crippen LogP contribution < -0.4 is 5.73 Å². The van der Waals surface area contributed by atoms with Crippen LogP contribution in [0.4, 0.5) is 10.6 Å². The summed E-state index contributed by atoms with van der Waals surface area (Å²) in [6.07, 6.45) is -1.09. The number of fused-ring (bicyclic) bond motifs is 1. The predicted octanol–water partition coefficient (Wildman–Crippen LogP) is 1.25. The molecule has 5 heterocycles. The molecule has 2 N–H and O–H groups in total. The lowest BCUT2D eigenvalue weighted by Gasteiger charge is -2.24. The van der Waals surface area contributed by atoms with Crippen molar-refractivity contribution < 1.29 is 33.2 Å². The fourth-order valence-electron chi connectivity index (χ4n) is 5.29. The van der Waals surface area contributed by atoms with Gasteiger partial charge in [0.05, 0.1) is 18.9 Å². The highest BCUT2D eigenvalue weighted by molar-refractivity contribution is 5.66. The molecule has 1 spiro atoms. The summed E-state index contributed by atoms with van der Waals surface area (Å²) >= 11 is 0. The van der Waals surface area contributed by atoms with Crippen LogP contribution in [0.25, 0.3) is 5.52 Å². The van der Waals surface area contributed by atoms with Crippen molar-refractivity contribution in [2.75, 3.05) is 18.9 Å². The Morgan fingerprint density at radius 1 is 1.27 bits per heavy atom. The van der Waals surface area contributed by atoms with Gasteiger partial charge in [0.2, 0.25) is 5.60 Å². The maximum atomic E-state index is 12.5. The Labute approximate surface area is 188 Å². The first kappa shape index (κ1) is 20.6. The van der Waals surface area contributed by atoms with Crippen LogP contribution in [0, 0.1) is 11.3 Å². The monoisotopic (exact) mass is 457 g/mol. The van der Waals surface area contributed by atoms with E-state index in [-0.39, 0.29) is 6.10 Å². The fraction of sp³-hybridized carbons (Fsp3) is 0.619. The highest BCUT2D eigenvalue weighted by atomic mass is 16.8. The number of carbonyl (C=O) groups excluding carboxylic acids is 1. The SMILES string of the molecule is CC1(C)O[C@H]2[C@H](c3ccc4c(N)ncnn34)O[C@]3(C#N)C(OC(=O)OC4CCOCC4)[C@]23O1. The molecule has 1 unspecified atom stereocenters. The van der Waals surface area contributed by atoms with Crippen molar-refractivity contribution in [1.82, 2.24) is 14.6 Å². The van der Waals surface area contributed by atoms with Gasteiger partial charge >= 0.3 is 6.16 Å². The van der Waals surface area contributed by atoms with Crippen molar-refractivity contribution in [2.24, 2.45) is 0 Å². The molecule has 0 aromatic carbocycles. The molecule has 1 saturated carbocycles. The molecule has 2 aromatic heterocycles. The van der Waals surface area contributed by atoms with Crippen molar-refractivity contribution in [1.29, 1.82) is 5.26 Å². The van der Waals surface area contributed by atoms with Crippen LogP contribution in [0.2, 0.25) is 0 Å². The summed E-state index contributed by atoms with van der Waals surface area (Å²) in [6, 6.07) is 5.74. The Bertz CT molecular complexity index is 1170. The van der Waals surface area contributed by atoms with Gasteiger partial charge in [-0.25, -0.2) is 14.3 Å². The van der Waals surface area contributed by atoms with Crippen LogP contribution in [0.3, 0.4) is 0 Å². The summed E-state index contributed by atoms with van der Waals surface area (Å²) in [4.78, 5) is 16.5. The number of hydrogen-bond acceptors (Lipinski definition) is 11. The molecule has 0 radical (unpaired) electrons. The lowest BCUT2D eigenvalue weighted by atomic mass is 10.0. The third kappa shape index (κ3) is 2.73. The summed E-state index contributed by atoms with van der Waals surface area (Å²) in [7, 11) is 0. The third-order valence-corrected chi connectivity index (χ3v) is 6.71. The van der Waals surface area contributed by atoms with Crippen LogP contribution in [0.1, 0.15) is 38.5 Å². The molecule has 5 atom stereocenters. The van der Waals surface area contributed by atoms with E-state index >= 15 is 0 Å². The van der Waals surface area contributed by atoms with E-state index in [9.17, 15) is 10.1 Å². The van der Waals surface area contributed by atoms with Crippen LogP contribution in [-0.4, -0.2) is 69.3 Å². The second-order valence-electron chi connectivity index (χ2n) is 9.10. The van der Waals surface area contributed by atoms with E-state index in [2.05, 4.69) is 16.2 Å². The summed E-state index contributed by atoms with van der Waals surface area (Å²) < 4.78 is 36.5. The van der Waals surface area contributed by atoms with Gasteiger partial charge < -0.3 is 34.2 Å². The molecular formula is C21H23N5O7. The summed E-state index contributed by atoms with van der Waals surface area (Å²) in [6.45, 7) is 4.52. The molecule has 4 aliphatic rings. The molecule has 4 fully saturated rings. The highest BCUT2D eigenvalue weighted by Gasteiger charge is 2.96. The molecular weight excluding hydrogens is 434 g/mol. The molecule has 33 heavy (non-hydrogen) atoms. The number of nitrogen functional groups attached to an aromatic ring is 1. The van der Waals surface area contributed by atoms with Gasteiger partial charge in [-0.15, -0.1) is 0 Å². The number of hydrogen-bond donors (Lipinski definition) is 1. The highest BCUT2D eigenvalue weighted by Crippen LogP contribution is 2.71. The van der Waals surface area contributed by atoms with Gasteiger partial charge in [-0.05, 0) is 26.0 Å². The largest absolute Gasteiger partial charge is 0.509 e. The number of anilines is 1. The molecule has 174 valence electrons. The Balaban J connectivity index is 1.31. The Morgan fingerprint density at radius 2 is 2.06 bits per heavy atom. The van der Waals surface area contributed by atoms with Crippen molar-refractivity contribution >= 4 is 17.5 Å². The van der Waals surface area contributed by atoms with Crippen molar-refractivity contribution in [3.05, 3.63) is 24.2 Å². The average molecular weight is 457 g/mol. The van der Waals surface area contributed by atoms with Gasteiger partial charge in [0.25, 0.3) is 0 Å². The van der Waals surface area contributed by atoms with Crippen molar-refractivity contribution in [2.45, 2.75) is 68.1 Å². The quantitative estimate of drug-likeness (QED) is 0.663. The third-order valence-electron chi connectivity index (χ3n) is 6.71. The first-order chi connectivity index (χ1) is 15.8. The van der Waals surface area contributed by atoms with Gasteiger partial charge in [-0.2, -0.15) is 10.4 Å². The zero-order valence-electron chi connectivity index (χ0n) is 18.1. The van der Waals surface area contributed by atoms with E-state index in [4.69, 9.17) is 34.2 Å². The second kappa shape index (κ2) is 6.77. The zero-order chi connectivity index (χ0) is 23.0. The molecule has 2 aromatic rings. The normalized spacial score (nSPS) is 36.7. The summed E-state index contributed by atoms with van der Waals surface area (Å²) in [5.74, 6) is -0.719. The minimum absolute atomic E-state index is 0.292. The molecule has 0 amide bonds. The van der Waals surface area contributed by atoms with E-state index in [0.717, 1.165) is 0 Å². The number of nitrogens with zero attached hydrogens (tertiary/aromatic N) is 4. The number of nitrogens with two attached hydrogens (primary N) is 1. The van der Waals surface area contributed by atoms with Crippen LogP contribution in [0.15, 0.2) is 18.5 Å². The molecule has 3 saturated heterocycles.